The second kappa shape index (κ2) is 4.37. The first-order valence-corrected chi connectivity index (χ1v) is 5.02. The van der Waals surface area contributed by atoms with Gasteiger partial charge < -0.3 is 10.2 Å². The van der Waals surface area contributed by atoms with Crippen LogP contribution in [0.25, 0.3) is 5.69 Å². The molecule has 0 aliphatic heterocycles. The molecular formula is C9H6N4O4S. The highest BCUT2D eigenvalue weighted by Crippen LogP contribution is 2.14. The van der Waals surface area contributed by atoms with Gasteiger partial charge in [0.2, 0.25) is 4.77 Å². The Hall–Kier alpha value is -2.55. The highest BCUT2D eigenvalue weighted by atomic mass is 32.1. The van der Waals surface area contributed by atoms with E-state index in [-0.39, 0.29) is 21.6 Å². The third-order valence-corrected chi connectivity index (χ3v) is 2.41. The number of aromatic amines is 1. The summed E-state index contributed by atoms with van der Waals surface area (Å²) in [4.78, 5) is 21.8. The summed E-state index contributed by atoms with van der Waals surface area (Å²) in [6.07, 6.45) is 0. The van der Waals surface area contributed by atoms with Gasteiger partial charge in [-0.15, -0.1) is 0 Å². The number of nitrogens with one attached hydrogen (secondary N) is 1. The molecule has 0 spiro atoms. The SMILES string of the molecule is O=C(O)c1cc(C(=O)O)cc(-n2[nH]nnc2=S)c1. The minimum Gasteiger partial charge on any atom is -0.478 e. The fraction of sp³-hybridized carbons (Fsp3) is 0. The average molecular weight is 266 g/mol. The molecule has 0 amide bonds. The van der Waals surface area contributed by atoms with Crippen LogP contribution >= 0.6 is 12.2 Å². The van der Waals surface area contributed by atoms with Crippen LogP contribution in [0, 0.1) is 4.77 Å². The number of rotatable bonds is 3. The quantitative estimate of drug-likeness (QED) is 0.700. The van der Waals surface area contributed by atoms with E-state index in [1.807, 2.05) is 0 Å². The van der Waals surface area contributed by atoms with Crippen molar-refractivity contribution in [3.63, 3.8) is 0 Å². The second-order valence-electron chi connectivity index (χ2n) is 3.30. The topological polar surface area (TPSA) is 121 Å². The van der Waals surface area contributed by atoms with Crippen molar-refractivity contribution in [3.05, 3.63) is 34.1 Å². The predicted molar refractivity (Wildman–Crippen MR) is 60.5 cm³/mol. The van der Waals surface area contributed by atoms with E-state index in [0.29, 0.717) is 0 Å². The lowest BCUT2D eigenvalue weighted by molar-refractivity contribution is 0.0696. The summed E-state index contributed by atoms with van der Waals surface area (Å²) in [6.45, 7) is 0. The molecule has 0 aliphatic rings. The Morgan fingerprint density at radius 2 is 1.72 bits per heavy atom. The standard InChI is InChI=1S/C9H6N4O4S/c14-7(15)4-1-5(8(16)17)3-6(2-4)13-9(18)10-11-12-13/h1-3H,(H,14,15)(H,16,17)(H,10,12,18). The van der Waals surface area contributed by atoms with Crippen LogP contribution in [0.5, 0.6) is 0 Å². The van der Waals surface area contributed by atoms with E-state index in [1.165, 1.54) is 16.8 Å². The lowest BCUT2D eigenvalue weighted by atomic mass is 10.1. The van der Waals surface area contributed by atoms with Gasteiger partial charge in [0.25, 0.3) is 0 Å². The minimum absolute atomic E-state index is 0.0638. The Labute approximate surface area is 104 Å². The minimum atomic E-state index is -1.24. The zero-order valence-corrected chi connectivity index (χ0v) is 9.51. The molecular weight excluding hydrogens is 260 g/mol. The number of hydrogen-bond acceptors (Lipinski definition) is 5. The Kier molecular flexibility index (Phi) is 2.90. The summed E-state index contributed by atoms with van der Waals surface area (Å²) in [5.41, 5.74) is -0.0925. The van der Waals surface area contributed by atoms with E-state index >= 15 is 0 Å². The van der Waals surface area contributed by atoms with Gasteiger partial charge in [-0.2, -0.15) is 5.21 Å². The van der Waals surface area contributed by atoms with E-state index < -0.39 is 11.9 Å². The summed E-state index contributed by atoms with van der Waals surface area (Å²) in [5.74, 6) is -2.48. The molecule has 0 bridgehead atoms. The molecule has 0 aliphatic carbocycles. The fourth-order valence-electron chi connectivity index (χ4n) is 1.35. The maximum absolute atomic E-state index is 10.9. The number of nitrogens with zero attached hydrogens (tertiary/aromatic N) is 3. The van der Waals surface area contributed by atoms with E-state index in [4.69, 9.17) is 22.4 Å². The van der Waals surface area contributed by atoms with Crippen LogP contribution in [-0.4, -0.2) is 42.4 Å². The van der Waals surface area contributed by atoms with Crippen molar-refractivity contribution < 1.29 is 19.8 Å². The number of hydrogen-bond donors (Lipinski definition) is 3. The molecule has 9 heteroatoms. The molecule has 1 aromatic carbocycles. The third kappa shape index (κ3) is 2.11. The number of benzene rings is 1. The Balaban J connectivity index is 2.68. The largest absolute Gasteiger partial charge is 0.478 e. The van der Waals surface area contributed by atoms with Crippen molar-refractivity contribution in [2.75, 3.05) is 0 Å². The molecule has 8 nitrogen and oxygen atoms in total. The predicted octanol–water partition coefficient (Wildman–Crippen LogP) is 0.721. The van der Waals surface area contributed by atoms with Crippen molar-refractivity contribution in [1.29, 1.82) is 0 Å². The molecule has 0 fully saturated rings. The van der Waals surface area contributed by atoms with Gasteiger partial charge in [0.15, 0.2) is 0 Å². The first kappa shape index (κ1) is 11.9. The van der Waals surface area contributed by atoms with E-state index in [0.717, 1.165) is 6.07 Å². The molecule has 1 aromatic heterocycles. The lowest BCUT2D eigenvalue weighted by Gasteiger charge is -2.04. The van der Waals surface area contributed by atoms with Crippen molar-refractivity contribution >= 4 is 24.2 Å². The first-order chi connectivity index (χ1) is 8.49. The number of carbonyl (C=O) groups is 2. The van der Waals surface area contributed by atoms with Gasteiger partial charge in [0.1, 0.15) is 0 Å². The zero-order valence-electron chi connectivity index (χ0n) is 8.69. The molecule has 0 saturated heterocycles. The summed E-state index contributed by atoms with van der Waals surface area (Å²) in [7, 11) is 0. The van der Waals surface area contributed by atoms with Crippen LogP contribution in [-0.2, 0) is 0 Å². The van der Waals surface area contributed by atoms with Crippen molar-refractivity contribution in [2.45, 2.75) is 0 Å². The number of aromatic nitrogens is 4. The van der Waals surface area contributed by atoms with Crippen molar-refractivity contribution in [3.8, 4) is 5.69 Å². The molecule has 0 atom stereocenters. The molecule has 92 valence electrons. The van der Waals surface area contributed by atoms with Gasteiger partial charge in [-0.05, 0) is 30.4 Å². The monoisotopic (exact) mass is 266 g/mol. The number of carboxylic acids is 2. The van der Waals surface area contributed by atoms with Gasteiger partial charge >= 0.3 is 11.9 Å². The van der Waals surface area contributed by atoms with E-state index in [1.54, 1.807) is 0 Å². The van der Waals surface area contributed by atoms with E-state index in [9.17, 15) is 9.59 Å². The van der Waals surface area contributed by atoms with Crippen LogP contribution < -0.4 is 0 Å². The number of tetrazole rings is 1. The second-order valence-corrected chi connectivity index (χ2v) is 3.66. The van der Waals surface area contributed by atoms with Crippen LogP contribution in [0.2, 0.25) is 0 Å². The molecule has 0 saturated carbocycles. The Bertz CT molecular complexity index is 658. The molecule has 0 radical (unpaired) electrons. The third-order valence-electron chi connectivity index (χ3n) is 2.14. The van der Waals surface area contributed by atoms with Crippen molar-refractivity contribution in [2.24, 2.45) is 0 Å². The van der Waals surface area contributed by atoms with Crippen LogP contribution in [0.15, 0.2) is 18.2 Å². The Morgan fingerprint density at radius 1 is 1.17 bits per heavy atom. The number of carboxylic acid groups (broad SMARTS) is 2. The molecule has 2 rings (SSSR count). The fourth-order valence-corrected chi connectivity index (χ4v) is 1.54. The smallest absolute Gasteiger partial charge is 0.335 e. The lowest BCUT2D eigenvalue weighted by Crippen LogP contribution is -2.06. The molecule has 18 heavy (non-hydrogen) atoms. The van der Waals surface area contributed by atoms with Crippen LogP contribution in [0.4, 0.5) is 0 Å². The van der Waals surface area contributed by atoms with Gasteiger partial charge in [-0.25, -0.2) is 14.3 Å². The molecule has 1 heterocycles. The summed E-state index contributed by atoms with van der Waals surface area (Å²) >= 11 is 4.85. The van der Waals surface area contributed by atoms with Crippen LogP contribution in [0.3, 0.4) is 0 Å². The maximum atomic E-state index is 10.9. The summed E-state index contributed by atoms with van der Waals surface area (Å²) in [6, 6.07) is 3.59. The van der Waals surface area contributed by atoms with Gasteiger partial charge in [-0.3, -0.25) is 0 Å². The first-order valence-electron chi connectivity index (χ1n) is 4.61. The zero-order chi connectivity index (χ0) is 13.3. The van der Waals surface area contributed by atoms with Crippen LogP contribution in [0.1, 0.15) is 20.7 Å². The van der Waals surface area contributed by atoms with Gasteiger partial charge in [-0.1, -0.05) is 10.3 Å². The number of H-pyrrole nitrogens is 1. The average Bonchev–Trinajstić information content (AvgIpc) is 2.74. The van der Waals surface area contributed by atoms with Crippen molar-refractivity contribution in [1.82, 2.24) is 20.2 Å². The summed E-state index contributed by atoms with van der Waals surface area (Å²) in [5, 5.41) is 27.2. The Morgan fingerprint density at radius 3 is 2.11 bits per heavy atom. The molecule has 3 N–H and O–H groups in total. The van der Waals surface area contributed by atoms with Gasteiger partial charge in [0, 0.05) is 0 Å². The van der Waals surface area contributed by atoms with Gasteiger partial charge in [0.05, 0.1) is 16.8 Å². The molecule has 0 unspecified atom stereocenters. The number of aromatic carboxylic acids is 2. The highest BCUT2D eigenvalue weighted by molar-refractivity contribution is 7.71. The molecule has 2 aromatic rings. The van der Waals surface area contributed by atoms with E-state index in [2.05, 4.69) is 15.5 Å². The highest BCUT2D eigenvalue weighted by Gasteiger charge is 2.13. The normalized spacial score (nSPS) is 10.2. The summed E-state index contributed by atoms with van der Waals surface area (Å²) < 4.78 is 1.27. The maximum Gasteiger partial charge on any atom is 0.335 e.